The van der Waals surface area contributed by atoms with Crippen molar-refractivity contribution in [1.82, 2.24) is 10.1 Å². The van der Waals surface area contributed by atoms with Crippen LogP contribution in [0.15, 0.2) is 59.1 Å². The molecule has 35 heavy (non-hydrogen) atoms. The molecule has 5 rings (SSSR count). The normalized spacial score (nSPS) is 14.6. The van der Waals surface area contributed by atoms with Crippen LogP contribution < -0.4 is 5.32 Å². The Bertz CT molecular complexity index is 1490. The first-order chi connectivity index (χ1) is 16.9. The van der Waals surface area contributed by atoms with Crippen LogP contribution in [0.4, 0.5) is 10.5 Å². The van der Waals surface area contributed by atoms with Gasteiger partial charge in [0, 0.05) is 16.8 Å². The lowest BCUT2D eigenvalue weighted by molar-refractivity contribution is -0.140. The predicted octanol–water partition coefficient (Wildman–Crippen LogP) is 5.29. The molecular weight excluding hydrogens is 446 g/mol. The fourth-order valence-corrected chi connectivity index (χ4v) is 4.00. The van der Waals surface area contributed by atoms with Gasteiger partial charge in [0.05, 0.1) is 0 Å². The number of aliphatic carboxylic acids is 1. The van der Waals surface area contributed by atoms with Crippen LogP contribution in [-0.4, -0.2) is 27.3 Å². The van der Waals surface area contributed by atoms with Crippen LogP contribution in [-0.2, 0) is 14.9 Å². The number of amides is 1. The molecule has 0 saturated heterocycles. The average molecular weight is 469 g/mol. The number of carboxylic acid groups (broad SMARTS) is 1. The highest BCUT2D eigenvalue weighted by Crippen LogP contribution is 2.48. The Balaban J connectivity index is 1.33. The van der Waals surface area contributed by atoms with Crippen LogP contribution in [0.25, 0.3) is 10.9 Å². The van der Waals surface area contributed by atoms with E-state index in [-0.39, 0.29) is 5.76 Å². The number of hydrogen-bond acceptors (Lipinski definition) is 5. The lowest BCUT2D eigenvalue weighted by atomic mass is 10.0. The third-order valence-corrected chi connectivity index (χ3v) is 6.26. The number of nitrogens with zero attached hydrogens (tertiary/aromatic N) is 1. The fraction of sp³-hybridized carbons (Fsp3) is 0.222. The second-order valence-electron chi connectivity index (χ2n) is 8.68. The van der Waals surface area contributed by atoms with Crippen LogP contribution >= 0.6 is 0 Å². The minimum atomic E-state index is -0.804. The third-order valence-electron chi connectivity index (χ3n) is 6.26. The molecule has 0 aliphatic heterocycles. The number of nitrogens with one attached hydrogen (secondary N) is 2. The summed E-state index contributed by atoms with van der Waals surface area (Å²) in [6, 6.07) is 16.9. The van der Waals surface area contributed by atoms with E-state index in [4.69, 9.17) is 9.26 Å². The summed E-state index contributed by atoms with van der Waals surface area (Å²) < 4.78 is 10.8. The lowest BCUT2D eigenvalue weighted by Crippen LogP contribution is -2.19. The number of rotatable bonds is 5. The molecule has 1 atom stereocenters. The van der Waals surface area contributed by atoms with Crippen LogP contribution in [0.3, 0.4) is 0 Å². The predicted molar refractivity (Wildman–Crippen MR) is 129 cm³/mol. The van der Waals surface area contributed by atoms with Crippen molar-refractivity contribution in [3.8, 4) is 11.8 Å². The quantitative estimate of drug-likeness (QED) is 0.342. The second kappa shape index (κ2) is 8.69. The summed E-state index contributed by atoms with van der Waals surface area (Å²) >= 11 is 0. The molecule has 176 valence electrons. The number of carbonyl (C=O) groups is 2. The molecule has 2 heterocycles. The van der Waals surface area contributed by atoms with Gasteiger partial charge in [0.1, 0.15) is 22.9 Å². The van der Waals surface area contributed by atoms with Crippen molar-refractivity contribution < 1.29 is 24.0 Å². The summed E-state index contributed by atoms with van der Waals surface area (Å²) in [4.78, 5) is 27.3. The highest BCUT2D eigenvalue weighted by Gasteiger charge is 2.52. The SMILES string of the molecule is Cc1noc(C#Cc2ccc3cc(C4(C(=O)O)CC4)[nH]c3c2)c1NC(=O)OC(C)c1ccccc1. The van der Waals surface area contributed by atoms with Gasteiger partial charge in [-0.15, -0.1) is 0 Å². The van der Waals surface area contributed by atoms with Gasteiger partial charge in [-0.05, 0) is 61.8 Å². The van der Waals surface area contributed by atoms with Gasteiger partial charge in [-0.3, -0.25) is 10.1 Å². The maximum atomic E-state index is 12.5. The van der Waals surface area contributed by atoms with E-state index in [2.05, 4.69) is 27.3 Å². The molecule has 8 heteroatoms. The van der Waals surface area contributed by atoms with E-state index in [0.29, 0.717) is 35.5 Å². The molecule has 2 aromatic heterocycles. The standard InChI is InChI=1S/C27H23N3O5/c1-16-24(29-26(33)34-17(2)19-6-4-3-5-7-19)22(35-30-16)11-9-18-8-10-20-15-23(28-21(20)14-18)27(12-13-27)25(31)32/h3-8,10,14-15,17,28H,12-13H2,1-2H3,(H,29,33)(H,31,32). The Morgan fingerprint density at radius 2 is 1.94 bits per heavy atom. The molecule has 1 unspecified atom stereocenters. The van der Waals surface area contributed by atoms with Crippen LogP contribution in [0.2, 0.25) is 0 Å². The zero-order valence-electron chi connectivity index (χ0n) is 19.2. The van der Waals surface area contributed by atoms with Gasteiger partial charge in [0.25, 0.3) is 0 Å². The highest BCUT2D eigenvalue weighted by atomic mass is 16.6. The monoisotopic (exact) mass is 469 g/mol. The summed E-state index contributed by atoms with van der Waals surface area (Å²) in [6.07, 6.45) is 0.201. The number of H-pyrrole nitrogens is 1. The Hall–Kier alpha value is -4.51. The van der Waals surface area contributed by atoms with E-state index in [1.807, 2.05) is 54.6 Å². The molecule has 1 amide bonds. The third kappa shape index (κ3) is 4.36. The number of aryl methyl sites for hydroxylation is 1. The number of fused-ring (bicyclic) bond motifs is 1. The summed E-state index contributed by atoms with van der Waals surface area (Å²) in [5, 5.41) is 17.1. The smallest absolute Gasteiger partial charge is 0.412 e. The van der Waals surface area contributed by atoms with Gasteiger partial charge in [-0.1, -0.05) is 47.5 Å². The number of aromatic nitrogens is 2. The summed E-state index contributed by atoms with van der Waals surface area (Å²) in [7, 11) is 0. The van der Waals surface area contributed by atoms with Crippen molar-refractivity contribution >= 4 is 28.7 Å². The molecule has 1 aliphatic rings. The maximum absolute atomic E-state index is 12.5. The number of anilines is 1. The van der Waals surface area contributed by atoms with Crippen LogP contribution in [0, 0.1) is 18.8 Å². The lowest BCUT2D eigenvalue weighted by Gasteiger charge is -2.13. The number of ether oxygens (including phenoxy) is 1. The second-order valence-corrected chi connectivity index (χ2v) is 8.68. The number of benzene rings is 2. The van der Waals surface area contributed by atoms with Gasteiger partial charge in [-0.25, -0.2) is 4.79 Å². The largest absolute Gasteiger partial charge is 0.481 e. The first kappa shape index (κ1) is 22.3. The van der Waals surface area contributed by atoms with E-state index in [9.17, 15) is 14.7 Å². The zero-order valence-corrected chi connectivity index (χ0v) is 19.2. The molecule has 1 fully saturated rings. The zero-order chi connectivity index (χ0) is 24.6. The van der Waals surface area contributed by atoms with E-state index in [1.54, 1.807) is 13.8 Å². The molecule has 0 spiro atoms. The molecule has 1 aliphatic carbocycles. The van der Waals surface area contributed by atoms with Gasteiger partial charge in [-0.2, -0.15) is 0 Å². The van der Waals surface area contributed by atoms with Gasteiger partial charge >= 0.3 is 12.1 Å². The first-order valence-corrected chi connectivity index (χ1v) is 11.2. The van der Waals surface area contributed by atoms with Crippen molar-refractivity contribution in [3.05, 3.63) is 82.9 Å². The van der Waals surface area contributed by atoms with Crippen molar-refractivity contribution in [2.45, 2.75) is 38.2 Å². The molecule has 8 nitrogen and oxygen atoms in total. The van der Waals surface area contributed by atoms with Crippen LogP contribution in [0.1, 0.15) is 54.1 Å². The Kier molecular flexibility index (Phi) is 5.53. The van der Waals surface area contributed by atoms with Gasteiger partial charge in [0.15, 0.2) is 0 Å². The summed E-state index contributed by atoms with van der Waals surface area (Å²) in [6.45, 7) is 3.49. The van der Waals surface area contributed by atoms with E-state index in [1.165, 1.54) is 0 Å². The summed E-state index contributed by atoms with van der Waals surface area (Å²) in [5.74, 6) is 5.34. The van der Waals surface area contributed by atoms with Crippen molar-refractivity contribution in [3.63, 3.8) is 0 Å². The molecule has 1 saturated carbocycles. The van der Waals surface area contributed by atoms with Crippen molar-refractivity contribution in [1.29, 1.82) is 0 Å². The number of hydrogen-bond donors (Lipinski definition) is 3. The Labute approximate surface area is 201 Å². The molecule has 2 aromatic carbocycles. The van der Waals surface area contributed by atoms with Gasteiger partial charge < -0.3 is 19.4 Å². The minimum absolute atomic E-state index is 0.210. The van der Waals surface area contributed by atoms with Crippen molar-refractivity contribution in [2.75, 3.05) is 5.32 Å². The average Bonchev–Trinajstić information content (AvgIpc) is 3.46. The van der Waals surface area contributed by atoms with E-state index in [0.717, 1.165) is 16.5 Å². The Morgan fingerprint density at radius 3 is 2.66 bits per heavy atom. The van der Waals surface area contributed by atoms with Crippen molar-refractivity contribution in [2.24, 2.45) is 0 Å². The van der Waals surface area contributed by atoms with Crippen LogP contribution in [0.5, 0.6) is 0 Å². The Morgan fingerprint density at radius 1 is 1.17 bits per heavy atom. The molecule has 3 N–H and O–H groups in total. The molecule has 0 radical (unpaired) electrons. The highest BCUT2D eigenvalue weighted by molar-refractivity contribution is 5.89. The number of carboxylic acids is 1. The minimum Gasteiger partial charge on any atom is -0.481 e. The molecular formula is C27H23N3O5. The summed E-state index contributed by atoms with van der Waals surface area (Å²) in [5.41, 5.74) is 3.13. The van der Waals surface area contributed by atoms with E-state index < -0.39 is 23.6 Å². The maximum Gasteiger partial charge on any atom is 0.412 e. The van der Waals surface area contributed by atoms with E-state index >= 15 is 0 Å². The first-order valence-electron chi connectivity index (χ1n) is 11.2. The topological polar surface area (TPSA) is 117 Å². The molecule has 4 aromatic rings. The fourth-order valence-electron chi connectivity index (χ4n) is 4.00. The molecule has 0 bridgehead atoms. The van der Waals surface area contributed by atoms with Gasteiger partial charge in [0.2, 0.25) is 5.76 Å². The number of aromatic amines is 1. The number of carbonyl (C=O) groups excluding carboxylic acids is 1.